The van der Waals surface area contributed by atoms with E-state index in [9.17, 15) is 4.79 Å². The fourth-order valence-electron chi connectivity index (χ4n) is 2.52. The monoisotopic (exact) mass is 365 g/mol. The van der Waals surface area contributed by atoms with Crippen LogP contribution in [0.25, 0.3) is 11.1 Å². The summed E-state index contributed by atoms with van der Waals surface area (Å²) in [5.41, 5.74) is 2.29. The number of nitrogens with zero attached hydrogens (tertiary/aromatic N) is 2. The number of para-hydroxylation sites is 2. The fraction of sp³-hybridized carbons (Fsp3) is 0.105. The van der Waals surface area contributed by atoms with E-state index in [1.165, 1.54) is 11.8 Å². The molecule has 6 nitrogen and oxygen atoms in total. The largest absolute Gasteiger partial charge is 0.431 e. The molecule has 0 aliphatic heterocycles. The van der Waals surface area contributed by atoms with Crippen LogP contribution in [0.1, 0.15) is 16.6 Å². The van der Waals surface area contributed by atoms with Crippen molar-refractivity contribution in [3.63, 3.8) is 0 Å². The third-order valence-corrected chi connectivity index (χ3v) is 4.81. The number of aromatic nitrogens is 2. The first-order valence-corrected chi connectivity index (χ1v) is 8.88. The van der Waals surface area contributed by atoms with Gasteiger partial charge in [-0.15, -0.1) is 0 Å². The molecule has 0 saturated heterocycles. The molecule has 4 aromatic rings. The van der Waals surface area contributed by atoms with Crippen LogP contribution in [0.15, 0.2) is 74.8 Å². The number of rotatable bonds is 5. The van der Waals surface area contributed by atoms with Crippen molar-refractivity contribution >= 4 is 34.6 Å². The van der Waals surface area contributed by atoms with Crippen LogP contribution < -0.4 is 5.32 Å². The lowest BCUT2D eigenvalue weighted by molar-refractivity contribution is -0.115. The Hall–Kier alpha value is -3.06. The predicted octanol–water partition coefficient (Wildman–Crippen LogP) is 4.60. The van der Waals surface area contributed by atoms with Crippen LogP contribution in [0.5, 0.6) is 0 Å². The molecule has 0 aliphatic carbocycles. The average Bonchev–Trinajstić information content (AvgIpc) is 3.25. The summed E-state index contributed by atoms with van der Waals surface area (Å²) in [6.07, 6.45) is 0. The molecule has 0 aliphatic rings. The zero-order valence-electron chi connectivity index (χ0n) is 13.9. The summed E-state index contributed by atoms with van der Waals surface area (Å²) in [5.74, 6) is 0.784. The maximum absolute atomic E-state index is 12.9. The van der Waals surface area contributed by atoms with Gasteiger partial charge in [0.05, 0.1) is 0 Å². The molecular weight excluding hydrogens is 350 g/mol. The Kier molecular flexibility index (Phi) is 4.45. The molecule has 2 aromatic heterocycles. The minimum absolute atomic E-state index is 0.225. The standard InChI is InChI=1S/C19H15N3O3S/c1-12-11-16(22-25-12)21-18(23)17(13-7-3-2-4-8-13)26-19-20-14-9-5-6-10-15(14)24-19/h2-11,17H,1H3,(H,21,22,23)/t17-/m1/s1. The highest BCUT2D eigenvalue weighted by Crippen LogP contribution is 2.37. The van der Waals surface area contributed by atoms with Crippen LogP contribution in [0.2, 0.25) is 0 Å². The van der Waals surface area contributed by atoms with Crippen molar-refractivity contribution in [1.82, 2.24) is 10.1 Å². The van der Waals surface area contributed by atoms with Gasteiger partial charge in [0.25, 0.3) is 5.22 Å². The smallest absolute Gasteiger partial charge is 0.257 e. The highest BCUT2D eigenvalue weighted by atomic mass is 32.2. The topological polar surface area (TPSA) is 81.2 Å². The Morgan fingerprint density at radius 3 is 2.62 bits per heavy atom. The summed E-state index contributed by atoms with van der Waals surface area (Å²) in [6.45, 7) is 1.77. The number of fused-ring (bicyclic) bond motifs is 1. The average molecular weight is 365 g/mol. The van der Waals surface area contributed by atoms with Crippen molar-refractivity contribution in [1.29, 1.82) is 0 Å². The van der Waals surface area contributed by atoms with Crippen molar-refractivity contribution in [2.24, 2.45) is 0 Å². The zero-order chi connectivity index (χ0) is 17.9. The van der Waals surface area contributed by atoms with Crippen molar-refractivity contribution < 1.29 is 13.7 Å². The summed E-state index contributed by atoms with van der Waals surface area (Å²) < 4.78 is 10.8. The molecule has 7 heteroatoms. The van der Waals surface area contributed by atoms with Crippen molar-refractivity contribution in [2.75, 3.05) is 5.32 Å². The Balaban J connectivity index is 1.63. The van der Waals surface area contributed by atoms with Crippen LogP contribution in [0, 0.1) is 6.92 Å². The number of benzene rings is 2. The van der Waals surface area contributed by atoms with E-state index >= 15 is 0 Å². The molecule has 26 heavy (non-hydrogen) atoms. The zero-order valence-corrected chi connectivity index (χ0v) is 14.7. The molecule has 2 aromatic carbocycles. The lowest BCUT2D eigenvalue weighted by Gasteiger charge is -2.14. The molecule has 2 heterocycles. The number of aryl methyl sites for hydroxylation is 1. The van der Waals surface area contributed by atoms with Gasteiger partial charge in [-0.3, -0.25) is 4.79 Å². The second-order valence-corrected chi connectivity index (χ2v) is 6.72. The highest BCUT2D eigenvalue weighted by molar-refractivity contribution is 8.00. The van der Waals surface area contributed by atoms with Gasteiger partial charge in [-0.05, 0) is 36.4 Å². The van der Waals surface area contributed by atoms with E-state index in [0.29, 0.717) is 22.4 Å². The Bertz CT molecular complexity index is 1010. The molecular formula is C19H15N3O3S. The Morgan fingerprint density at radius 1 is 1.12 bits per heavy atom. The number of carbonyl (C=O) groups excluding carboxylic acids is 1. The summed E-state index contributed by atoms with van der Waals surface area (Å²) in [4.78, 5) is 17.3. The molecule has 0 radical (unpaired) electrons. The van der Waals surface area contributed by atoms with Gasteiger partial charge in [0, 0.05) is 6.07 Å². The predicted molar refractivity (Wildman–Crippen MR) is 98.9 cm³/mol. The molecule has 0 fully saturated rings. The number of thioether (sulfide) groups is 1. The van der Waals surface area contributed by atoms with E-state index < -0.39 is 5.25 Å². The third-order valence-electron chi connectivity index (χ3n) is 3.71. The number of nitrogens with one attached hydrogen (secondary N) is 1. The van der Waals surface area contributed by atoms with Gasteiger partial charge in [0.1, 0.15) is 16.5 Å². The number of hydrogen-bond acceptors (Lipinski definition) is 6. The maximum atomic E-state index is 12.9. The van der Waals surface area contributed by atoms with E-state index in [1.807, 2.05) is 54.6 Å². The first-order valence-electron chi connectivity index (χ1n) is 8.00. The maximum Gasteiger partial charge on any atom is 0.257 e. The van der Waals surface area contributed by atoms with Crippen LogP contribution in [-0.4, -0.2) is 16.0 Å². The van der Waals surface area contributed by atoms with Crippen molar-refractivity contribution in [2.45, 2.75) is 17.4 Å². The van der Waals surface area contributed by atoms with Gasteiger partial charge in [-0.1, -0.05) is 47.6 Å². The summed E-state index contributed by atoms with van der Waals surface area (Å²) in [6, 6.07) is 18.7. The number of amides is 1. The quantitative estimate of drug-likeness (QED) is 0.521. The van der Waals surface area contributed by atoms with Crippen LogP contribution in [0.4, 0.5) is 5.82 Å². The molecule has 1 amide bonds. The summed E-state index contributed by atoms with van der Waals surface area (Å²) >= 11 is 1.25. The Labute approximate surface area is 153 Å². The number of oxazole rings is 1. The lowest BCUT2D eigenvalue weighted by Crippen LogP contribution is -2.19. The number of anilines is 1. The van der Waals surface area contributed by atoms with E-state index in [1.54, 1.807) is 13.0 Å². The normalized spacial score (nSPS) is 12.2. The molecule has 130 valence electrons. The van der Waals surface area contributed by atoms with Gasteiger partial charge in [-0.25, -0.2) is 4.98 Å². The van der Waals surface area contributed by atoms with E-state index in [4.69, 9.17) is 8.94 Å². The van der Waals surface area contributed by atoms with Gasteiger partial charge in [0.15, 0.2) is 11.4 Å². The minimum atomic E-state index is -0.540. The second-order valence-electron chi connectivity index (χ2n) is 5.67. The van der Waals surface area contributed by atoms with Crippen LogP contribution in [0.3, 0.4) is 0 Å². The SMILES string of the molecule is Cc1cc(NC(=O)[C@H](Sc2nc3ccccc3o2)c2ccccc2)no1. The molecule has 0 spiro atoms. The summed E-state index contributed by atoms with van der Waals surface area (Å²) in [5, 5.41) is 6.50. The van der Waals surface area contributed by atoms with Crippen LogP contribution in [-0.2, 0) is 4.79 Å². The second kappa shape index (κ2) is 7.05. The highest BCUT2D eigenvalue weighted by Gasteiger charge is 2.25. The van der Waals surface area contributed by atoms with Crippen LogP contribution >= 0.6 is 11.8 Å². The third kappa shape index (κ3) is 3.48. The number of hydrogen-bond donors (Lipinski definition) is 1. The van der Waals surface area contributed by atoms with E-state index in [-0.39, 0.29) is 5.91 Å². The first-order chi connectivity index (χ1) is 12.7. The van der Waals surface area contributed by atoms with Crippen molar-refractivity contribution in [3.05, 3.63) is 72.0 Å². The molecule has 1 atom stereocenters. The lowest BCUT2D eigenvalue weighted by atomic mass is 10.1. The van der Waals surface area contributed by atoms with E-state index in [0.717, 1.165) is 11.1 Å². The molecule has 1 N–H and O–H groups in total. The first kappa shape index (κ1) is 16.4. The molecule has 0 unspecified atom stereocenters. The number of carbonyl (C=O) groups is 1. The van der Waals surface area contributed by atoms with Gasteiger partial charge >= 0.3 is 0 Å². The van der Waals surface area contributed by atoms with E-state index in [2.05, 4.69) is 15.5 Å². The van der Waals surface area contributed by atoms with Gasteiger partial charge in [0.2, 0.25) is 5.91 Å². The van der Waals surface area contributed by atoms with Gasteiger partial charge in [-0.2, -0.15) is 0 Å². The van der Waals surface area contributed by atoms with Crippen molar-refractivity contribution in [3.8, 4) is 0 Å². The molecule has 0 saturated carbocycles. The van der Waals surface area contributed by atoms with Gasteiger partial charge < -0.3 is 14.3 Å². The summed E-state index contributed by atoms with van der Waals surface area (Å²) in [7, 11) is 0. The fourth-order valence-corrected chi connectivity index (χ4v) is 3.47. The molecule has 0 bridgehead atoms. The Morgan fingerprint density at radius 2 is 1.88 bits per heavy atom. The minimum Gasteiger partial charge on any atom is -0.431 e. The molecule has 4 rings (SSSR count).